The molecule has 0 bridgehead atoms. The topological polar surface area (TPSA) is 67.7 Å². The molecular weight excluding hydrogens is 308 g/mol. The molecule has 134 valence electrons. The molecule has 0 atom stereocenters. The van der Waals surface area contributed by atoms with Gasteiger partial charge in [0.15, 0.2) is 0 Å². The standard InChI is InChI=1S/C17H28N4O3/c1-17(2,3)24-16(23)21-8-6-14(7-9-21)15(22)19(4)11-13-10-18-20(5)12-13/h10,12,14H,6-9,11H2,1-5H3. The van der Waals surface area contributed by atoms with Crippen LogP contribution < -0.4 is 0 Å². The van der Waals surface area contributed by atoms with E-state index in [9.17, 15) is 9.59 Å². The van der Waals surface area contributed by atoms with E-state index >= 15 is 0 Å². The van der Waals surface area contributed by atoms with Crippen LogP contribution in [0.1, 0.15) is 39.2 Å². The third kappa shape index (κ3) is 4.97. The Labute approximate surface area is 143 Å². The molecule has 2 amide bonds. The summed E-state index contributed by atoms with van der Waals surface area (Å²) < 4.78 is 7.11. The van der Waals surface area contributed by atoms with Crippen LogP contribution in [0.5, 0.6) is 0 Å². The Kier molecular flexibility index (Phi) is 5.51. The summed E-state index contributed by atoms with van der Waals surface area (Å²) in [5, 5.41) is 4.12. The predicted molar refractivity (Wildman–Crippen MR) is 90.2 cm³/mol. The molecule has 1 aliphatic heterocycles. The second kappa shape index (κ2) is 7.23. The molecule has 1 aromatic heterocycles. The van der Waals surface area contributed by atoms with E-state index in [1.807, 2.05) is 41.1 Å². The van der Waals surface area contributed by atoms with E-state index < -0.39 is 5.60 Å². The molecule has 1 saturated heterocycles. The van der Waals surface area contributed by atoms with Crippen LogP contribution in [-0.2, 0) is 23.1 Å². The summed E-state index contributed by atoms with van der Waals surface area (Å²) in [7, 11) is 3.67. The van der Waals surface area contributed by atoms with Gasteiger partial charge in [-0.3, -0.25) is 9.48 Å². The molecule has 0 N–H and O–H groups in total. The van der Waals surface area contributed by atoms with Crippen molar-refractivity contribution in [3.8, 4) is 0 Å². The number of nitrogens with zero attached hydrogens (tertiary/aromatic N) is 4. The molecular formula is C17H28N4O3. The van der Waals surface area contributed by atoms with Crippen LogP contribution >= 0.6 is 0 Å². The number of carbonyl (C=O) groups is 2. The van der Waals surface area contributed by atoms with E-state index in [4.69, 9.17) is 4.74 Å². The highest BCUT2D eigenvalue weighted by Crippen LogP contribution is 2.22. The van der Waals surface area contributed by atoms with Gasteiger partial charge in [0.05, 0.1) is 6.20 Å². The third-order valence-electron chi connectivity index (χ3n) is 4.05. The summed E-state index contributed by atoms with van der Waals surface area (Å²) in [5.41, 5.74) is 0.521. The molecule has 1 aliphatic rings. The fourth-order valence-electron chi connectivity index (χ4n) is 2.85. The zero-order valence-corrected chi connectivity index (χ0v) is 15.3. The van der Waals surface area contributed by atoms with Crippen molar-refractivity contribution >= 4 is 12.0 Å². The predicted octanol–water partition coefficient (Wildman–Crippen LogP) is 2.03. The first-order valence-electron chi connectivity index (χ1n) is 8.36. The van der Waals surface area contributed by atoms with Crippen molar-refractivity contribution in [2.45, 2.75) is 45.8 Å². The van der Waals surface area contributed by atoms with Gasteiger partial charge in [-0.2, -0.15) is 5.10 Å². The van der Waals surface area contributed by atoms with Gasteiger partial charge in [-0.05, 0) is 33.6 Å². The van der Waals surface area contributed by atoms with Gasteiger partial charge in [0, 0.05) is 51.4 Å². The van der Waals surface area contributed by atoms with E-state index in [0.29, 0.717) is 32.5 Å². The summed E-state index contributed by atoms with van der Waals surface area (Å²) in [5.74, 6) is 0.0908. The number of ether oxygens (including phenoxy) is 1. The average Bonchev–Trinajstić information content (AvgIpc) is 2.90. The van der Waals surface area contributed by atoms with Gasteiger partial charge in [0.1, 0.15) is 5.60 Å². The Bertz CT molecular complexity index is 583. The largest absolute Gasteiger partial charge is 0.444 e. The Morgan fingerprint density at radius 1 is 1.33 bits per heavy atom. The number of amides is 2. The second-order valence-electron chi connectivity index (χ2n) is 7.46. The minimum absolute atomic E-state index is 0.0367. The highest BCUT2D eigenvalue weighted by molar-refractivity contribution is 5.79. The number of aromatic nitrogens is 2. The van der Waals surface area contributed by atoms with Gasteiger partial charge in [0.25, 0.3) is 0 Å². The van der Waals surface area contributed by atoms with Gasteiger partial charge < -0.3 is 14.5 Å². The van der Waals surface area contributed by atoms with Crippen molar-refractivity contribution in [2.24, 2.45) is 13.0 Å². The SMILES string of the molecule is CN(Cc1cnn(C)c1)C(=O)C1CCN(C(=O)OC(C)(C)C)CC1. The molecule has 1 aromatic rings. The molecule has 2 heterocycles. The van der Waals surface area contributed by atoms with Crippen LogP contribution in [0, 0.1) is 5.92 Å². The molecule has 0 spiro atoms. The summed E-state index contributed by atoms with van der Waals surface area (Å²) in [6, 6.07) is 0. The third-order valence-corrected chi connectivity index (χ3v) is 4.05. The number of hydrogen-bond donors (Lipinski definition) is 0. The van der Waals surface area contributed by atoms with E-state index in [-0.39, 0.29) is 17.9 Å². The monoisotopic (exact) mass is 336 g/mol. The summed E-state index contributed by atoms with van der Waals surface area (Å²) >= 11 is 0. The molecule has 7 nitrogen and oxygen atoms in total. The van der Waals surface area contributed by atoms with Gasteiger partial charge >= 0.3 is 6.09 Å². The Balaban J connectivity index is 1.82. The first kappa shape index (κ1) is 18.3. The normalized spacial score (nSPS) is 16.1. The Morgan fingerprint density at radius 2 is 1.96 bits per heavy atom. The number of likely N-dealkylation sites (tertiary alicyclic amines) is 1. The zero-order chi connectivity index (χ0) is 17.9. The fourth-order valence-corrected chi connectivity index (χ4v) is 2.85. The first-order valence-corrected chi connectivity index (χ1v) is 8.36. The van der Waals surface area contributed by atoms with Gasteiger partial charge in [-0.15, -0.1) is 0 Å². The maximum absolute atomic E-state index is 12.6. The highest BCUT2D eigenvalue weighted by Gasteiger charge is 2.31. The highest BCUT2D eigenvalue weighted by atomic mass is 16.6. The lowest BCUT2D eigenvalue weighted by molar-refractivity contribution is -0.136. The quantitative estimate of drug-likeness (QED) is 0.847. The summed E-state index contributed by atoms with van der Waals surface area (Å²) in [6.07, 6.45) is 4.74. The van der Waals surface area contributed by atoms with Gasteiger partial charge in [0.2, 0.25) is 5.91 Å². The Hall–Kier alpha value is -2.05. The van der Waals surface area contributed by atoms with Crippen LogP contribution in [0.15, 0.2) is 12.4 Å². The van der Waals surface area contributed by atoms with Crippen LogP contribution in [0.25, 0.3) is 0 Å². The van der Waals surface area contributed by atoms with E-state index in [0.717, 1.165) is 5.56 Å². The van der Waals surface area contributed by atoms with Crippen molar-refractivity contribution in [2.75, 3.05) is 20.1 Å². The zero-order valence-electron chi connectivity index (χ0n) is 15.3. The van der Waals surface area contributed by atoms with Crippen molar-refractivity contribution in [1.82, 2.24) is 19.6 Å². The smallest absolute Gasteiger partial charge is 0.410 e. The average molecular weight is 336 g/mol. The molecule has 0 unspecified atom stereocenters. The van der Waals surface area contributed by atoms with E-state index in [1.54, 1.807) is 20.7 Å². The maximum Gasteiger partial charge on any atom is 0.410 e. The lowest BCUT2D eigenvalue weighted by Crippen LogP contribution is -2.45. The molecule has 0 aliphatic carbocycles. The van der Waals surface area contributed by atoms with Crippen molar-refractivity contribution < 1.29 is 14.3 Å². The minimum Gasteiger partial charge on any atom is -0.444 e. The fraction of sp³-hybridized carbons (Fsp3) is 0.706. The van der Waals surface area contributed by atoms with Gasteiger partial charge in [-0.1, -0.05) is 0 Å². The van der Waals surface area contributed by atoms with Gasteiger partial charge in [-0.25, -0.2) is 4.79 Å². The van der Waals surface area contributed by atoms with Crippen molar-refractivity contribution in [3.63, 3.8) is 0 Å². The number of piperidine rings is 1. The Morgan fingerprint density at radius 3 is 2.46 bits per heavy atom. The summed E-state index contributed by atoms with van der Waals surface area (Å²) in [4.78, 5) is 28.1. The molecule has 1 fully saturated rings. The van der Waals surface area contributed by atoms with Crippen molar-refractivity contribution in [1.29, 1.82) is 0 Å². The number of carbonyl (C=O) groups excluding carboxylic acids is 2. The first-order chi connectivity index (χ1) is 11.2. The molecule has 0 saturated carbocycles. The second-order valence-corrected chi connectivity index (χ2v) is 7.46. The number of rotatable bonds is 3. The van der Waals surface area contributed by atoms with Crippen molar-refractivity contribution in [3.05, 3.63) is 18.0 Å². The lowest BCUT2D eigenvalue weighted by Gasteiger charge is -2.34. The molecule has 24 heavy (non-hydrogen) atoms. The number of hydrogen-bond acceptors (Lipinski definition) is 4. The maximum atomic E-state index is 12.6. The summed E-state index contributed by atoms with van der Waals surface area (Å²) in [6.45, 7) is 7.24. The number of aryl methyl sites for hydroxylation is 1. The minimum atomic E-state index is -0.492. The molecule has 0 aromatic carbocycles. The van der Waals surface area contributed by atoms with E-state index in [1.165, 1.54) is 0 Å². The molecule has 0 radical (unpaired) electrons. The molecule has 2 rings (SSSR count). The molecule has 7 heteroatoms. The van der Waals surface area contributed by atoms with Crippen LogP contribution in [0.4, 0.5) is 4.79 Å². The van der Waals surface area contributed by atoms with E-state index in [2.05, 4.69) is 5.10 Å². The van der Waals surface area contributed by atoms with Crippen LogP contribution in [-0.4, -0.2) is 57.3 Å². The lowest BCUT2D eigenvalue weighted by atomic mass is 9.95. The van der Waals surface area contributed by atoms with Crippen LogP contribution in [0.3, 0.4) is 0 Å². The van der Waals surface area contributed by atoms with Crippen LogP contribution in [0.2, 0.25) is 0 Å².